The normalized spacial score (nSPS) is 12.1. The number of nitrogens with one attached hydrogen (secondary N) is 1. The van der Waals surface area contributed by atoms with Crippen molar-refractivity contribution in [1.82, 2.24) is 10.2 Å². The molecule has 0 radical (unpaired) electrons. The van der Waals surface area contributed by atoms with Crippen molar-refractivity contribution in [1.29, 1.82) is 0 Å². The summed E-state index contributed by atoms with van der Waals surface area (Å²) in [5.74, 6) is -0.246. The zero-order chi connectivity index (χ0) is 13.1. The maximum absolute atomic E-state index is 5.86. The molecule has 0 aliphatic carbocycles. The molecule has 18 heavy (non-hydrogen) atoms. The van der Waals surface area contributed by atoms with Gasteiger partial charge >= 0.3 is 0 Å². The first-order valence-corrected chi connectivity index (χ1v) is 6.38. The summed E-state index contributed by atoms with van der Waals surface area (Å²) in [5, 5.41) is 7.58. The fourth-order valence-electron chi connectivity index (χ4n) is 1.65. The number of benzene rings is 1. The van der Waals surface area contributed by atoms with Crippen LogP contribution in [0.15, 0.2) is 36.4 Å². The Morgan fingerprint density at radius 2 is 1.89 bits per heavy atom. The lowest BCUT2D eigenvalue weighted by Gasteiger charge is -2.15. The van der Waals surface area contributed by atoms with E-state index in [-0.39, 0.29) is 5.92 Å². The monoisotopic (exact) mass is 295 g/mol. The molecule has 1 heterocycles. The minimum atomic E-state index is -0.246. The molecule has 0 aliphatic rings. The SMILES string of the molecule is NC(=S)C(c1ccc(Cl)cc1)c1ccc(=S)[nH]n1. The molecule has 1 unspecified atom stereocenters. The third-order valence-electron chi connectivity index (χ3n) is 2.48. The molecule has 3 N–H and O–H groups in total. The van der Waals surface area contributed by atoms with Gasteiger partial charge in [-0.25, -0.2) is 0 Å². The Labute approximate surface area is 120 Å². The molecule has 3 nitrogen and oxygen atoms in total. The summed E-state index contributed by atoms with van der Waals surface area (Å²) in [5.41, 5.74) is 7.48. The first kappa shape index (κ1) is 13.1. The molecule has 0 spiro atoms. The molecule has 1 atom stereocenters. The molecule has 0 amide bonds. The number of H-pyrrole nitrogens is 1. The fraction of sp³-hybridized carbons (Fsp3) is 0.0833. The van der Waals surface area contributed by atoms with Gasteiger partial charge in [-0.2, -0.15) is 5.10 Å². The molecule has 0 aliphatic heterocycles. The highest BCUT2D eigenvalue weighted by Gasteiger charge is 2.18. The summed E-state index contributed by atoms with van der Waals surface area (Å²) in [7, 11) is 0. The number of hydrogen-bond acceptors (Lipinski definition) is 3. The van der Waals surface area contributed by atoms with Gasteiger partial charge in [0.15, 0.2) is 0 Å². The van der Waals surface area contributed by atoms with E-state index in [9.17, 15) is 0 Å². The van der Waals surface area contributed by atoms with Crippen molar-refractivity contribution in [3.05, 3.63) is 57.3 Å². The van der Waals surface area contributed by atoms with Gasteiger partial charge in [0.2, 0.25) is 0 Å². The number of halogens is 1. The summed E-state index contributed by atoms with van der Waals surface area (Å²) >= 11 is 15.9. The number of nitrogens with two attached hydrogens (primary N) is 1. The van der Waals surface area contributed by atoms with Crippen LogP contribution in [0.1, 0.15) is 17.2 Å². The second-order valence-electron chi connectivity index (χ2n) is 3.73. The Bertz CT molecular complexity index is 601. The van der Waals surface area contributed by atoms with Crippen LogP contribution in [0, 0.1) is 4.64 Å². The summed E-state index contributed by atoms with van der Waals surface area (Å²) in [6.45, 7) is 0. The van der Waals surface area contributed by atoms with Gasteiger partial charge in [-0.3, -0.25) is 5.10 Å². The van der Waals surface area contributed by atoms with Crippen LogP contribution in [0.3, 0.4) is 0 Å². The van der Waals surface area contributed by atoms with Crippen LogP contribution in [0.4, 0.5) is 0 Å². The maximum Gasteiger partial charge on any atom is 0.119 e. The number of thiocarbonyl (C=S) groups is 1. The Balaban J connectivity index is 2.46. The zero-order valence-electron chi connectivity index (χ0n) is 9.26. The number of rotatable bonds is 3. The smallest absolute Gasteiger partial charge is 0.119 e. The number of hydrogen-bond donors (Lipinski definition) is 2. The molecule has 0 saturated heterocycles. The summed E-state index contributed by atoms with van der Waals surface area (Å²) < 4.78 is 0.566. The molecule has 2 aromatic rings. The highest BCUT2D eigenvalue weighted by atomic mass is 35.5. The number of nitrogens with zero attached hydrogens (tertiary/aromatic N) is 1. The van der Waals surface area contributed by atoms with Crippen LogP contribution < -0.4 is 5.73 Å². The van der Waals surface area contributed by atoms with Gasteiger partial charge in [0, 0.05) is 5.02 Å². The lowest BCUT2D eigenvalue weighted by molar-refractivity contribution is 0.895. The van der Waals surface area contributed by atoms with E-state index in [2.05, 4.69) is 10.2 Å². The minimum Gasteiger partial charge on any atom is -0.392 e. The predicted molar refractivity (Wildman–Crippen MR) is 79.5 cm³/mol. The first-order chi connectivity index (χ1) is 8.58. The van der Waals surface area contributed by atoms with Crippen LogP contribution in [0.25, 0.3) is 0 Å². The summed E-state index contributed by atoms with van der Waals surface area (Å²) in [6.07, 6.45) is 0. The van der Waals surface area contributed by atoms with E-state index in [0.29, 0.717) is 14.7 Å². The van der Waals surface area contributed by atoms with Gasteiger partial charge in [-0.1, -0.05) is 48.2 Å². The third-order valence-corrected chi connectivity index (χ3v) is 3.20. The van der Waals surface area contributed by atoms with Crippen molar-refractivity contribution in [2.75, 3.05) is 0 Å². The van der Waals surface area contributed by atoms with Crippen molar-refractivity contribution in [3.8, 4) is 0 Å². The molecule has 2 rings (SSSR count). The zero-order valence-corrected chi connectivity index (χ0v) is 11.6. The number of aromatic amines is 1. The van der Waals surface area contributed by atoms with Crippen molar-refractivity contribution < 1.29 is 0 Å². The van der Waals surface area contributed by atoms with E-state index in [0.717, 1.165) is 11.3 Å². The van der Waals surface area contributed by atoms with E-state index >= 15 is 0 Å². The van der Waals surface area contributed by atoms with Crippen molar-refractivity contribution in [2.45, 2.75) is 5.92 Å². The molecule has 1 aromatic heterocycles. The molecular weight excluding hydrogens is 286 g/mol. The topological polar surface area (TPSA) is 54.7 Å². The van der Waals surface area contributed by atoms with Crippen molar-refractivity contribution in [2.24, 2.45) is 5.73 Å². The molecule has 1 aromatic carbocycles. The van der Waals surface area contributed by atoms with E-state index < -0.39 is 0 Å². The first-order valence-electron chi connectivity index (χ1n) is 5.18. The highest BCUT2D eigenvalue weighted by molar-refractivity contribution is 7.80. The van der Waals surface area contributed by atoms with Gasteiger partial charge in [-0.15, -0.1) is 0 Å². The molecule has 92 valence electrons. The van der Waals surface area contributed by atoms with Gasteiger partial charge in [0.1, 0.15) is 4.64 Å². The molecule has 0 fully saturated rings. The number of aromatic nitrogens is 2. The summed E-state index contributed by atoms with van der Waals surface area (Å²) in [4.78, 5) is 0.357. The van der Waals surface area contributed by atoms with Crippen LogP contribution in [0.5, 0.6) is 0 Å². The lowest BCUT2D eigenvalue weighted by Crippen LogP contribution is -2.21. The molecule has 0 bridgehead atoms. The molecule has 0 saturated carbocycles. The summed E-state index contributed by atoms with van der Waals surface area (Å²) in [6, 6.07) is 10.9. The van der Waals surface area contributed by atoms with Gasteiger partial charge in [-0.05, 0) is 29.8 Å². The highest BCUT2D eigenvalue weighted by Crippen LogP contribution is 2.24. The van der Waals surface area contributed by atoms with Crippen LogP contribution >= 0.6 is 36.0 Å². The average molecular weight is 296 g/mol. The van der Waals surface area contributed by atoms with Crippen LogP contribution in [-0.2, 0) is 0 Å². The fourth-order valence-corrected chi connectivity index (χ4v) is 2.15. The Morgan fingerprint density at radius 1 is 1.22 bits per heavy atom. The maximum atomic E-state index is 5.86. The second kappa shape index (κ2) is 5.56. The predicted octanol–water partition coefficient (Wildman–Crippen LogP) is 3.21. The van der Waals surface area contributed by atoms with Gasteiger partial charge < -0.3 is 5.73 Å². The third kappa shape index (κ3) is 2.93. The van der Waals surface area contributed by atoms with E-state index in [1.807, 2.05) is 18.2 Å². The molecule has 6 heteroatoms. The van der Waals surface area contributed by atoms with E-state index in [4.69, 9.17) is 41.8 Å². The largest absolute Gasteiger partial charge is 0.392 e. The Kier molecular flexibility index (Phi) is 4.06. The lowest BCUT2D eigenvalue weighted by atomic mass is 9.95. The van der Waals surface area contributed by atoms with Crippen molar-refractivity contribution in [3.63, 3.8) is 0 Å². The molecular formula is C12H10ClN3S2. The van der Waals surface area contributed by atoms with Crippen LogP contribution in [-0.4, -0.2) is 15.2 Å². The quantitative estimate of drug-likeness (QED) is 0.854. The second-order valence-corrected chi connectivity index (χ2v) is 5.08. The van der Waals surface area contributed by atoms with E-state index in [1.54, 1.807) is 18.2 Å². The Morgan fingerprint density at radius 3 is 2.39 bits per heavy atom. The van der Waals surface area contributed by atoms with Gasteiger partial charge in [0.25, 0.3) is 0 Å². The Hall–Kier alpha value is -1.30. The van der Waals surface area contributed by atoms with E-state index in [1.165, 1.54) is 0 Å². The average Bonchev–Trinajstić information content (AvgIpc) is 2.34. The van der Waals surface area contributed by atoms with Crippen molar-refractivity contribution >= 4 is 41.0 Å². The van der Waals surface area contributed by atoms with Gasteiger partial charge in [0.05, 0.1) is 16.6 Å². The minimum absolute atomic E-state index is 0.246. The standard InChI is InChI=1S/C12H10ClN3S2/c13-8-3-1-7(2-4-8)11(12(14)18)9-5-6-10(17)16-15-9/h1-6,11H,(H2,14,18)(H,16,17). The van der Waals surface area contributed by atoms with Crippen LogP contribution in [0.2, 0.25) is 5.02 Å².